The first-order chi connectivity index (χ1) is 21.9. The van der Waals surface area contributed by atoms with Crippen LogP contribution in [-0.2, 0) is 37.7 Å². The Labute approximate surface area is 266 Å². The zero-order chi connectivity index (χ0) is 31.3. The van der Waals surface area contributed by atoms with E-state index in [1.165, 1.54) is 25.2 Å². The Morgan fingerprint density at radius 3 is 2.56 bits per heavy atom. The topological polar surface area (TPSA) is 109 Å². The van der Waals surface area contributed by atoms with E-state index in [0.29, 0.717) is 40.7 Å². The number of carbonyl (C=O) groups is 1. The third-order valence-corrected chi connectivity index (χ3v) is 8.46. The van der Waals surface area contributed by atoms with Gasteiger partial charge in [-0.25, -0.2) is 14.8 Å². The first-order valence-electron chi connectivity index (χ1n) is 15.1. The van der Waals surface area contributed by atoms with Crippen LogP contribution < -0.4 is 9.47 Å². The second kappa shape index (κ2) is 13.7. The van der Waals surface area contributed by atoms with Crippen molar-refractivity contribution in [2.45, 2.75) is 45.1 Å². The van der Waals surface area contributed by atoms with Crippen LogP contribution >= 0.6 is 11.6 Å². The summed E-state index contributed by atoms with van der Waals surface area (Å²) in [5.74, 6) is 0.796. The fourth-order valence-electron chi connectivity index (χ4n) is 5.44. The number of halogens is 1. The van der Waals surface area contributed by atoms with Gasteiger partial charge in [-0.3, -0.25) is 4.98 Å². The SMILES string of the molecule is C1COC1.COc1cc(C(=O)O)cc2c1nc(Cc1ccc3cc1CCCCc1nc(ccc1Cl)COc1cccc-3n1)n2C. The van der Waals surface area contributed by atoms with Crippen LogP contribution in [0.4, 0.5) is 0 Å². The lowest BCUT2D eigenvalue weighted by molar-refractivity contribution is 0.0367. The molecule has 2 aromatic carbocycles. The molecule has 2 aliphatic rings. The minimum atomic E-state index is -1.01. The molecule has 0 amide bonds. The number of fused-ring (bicyclic) bond motifs is 8. The van der Waals surface area contributed by atoms with Crippen LogP contribution in [0, 0.1) is 0 Å². The number of aryl methyl sites for hydroxylation is 3. The molecule has 5 heterocycles. The van der Waals surface area contributed by atoms with Crippen LogP contribution in [0.15, 0.2) is 60.7 Å². The van der Waals surface area contributed by atoms with E-state index in [1.807, 2.05) is 41.9 Å². The Hall–Kier alpha value is -4.47. The number of carboxylic acids is 1. The lowest BCUT2D eigenvalue weighted by atomic mass is 9.95. The maximum atomic E-state index is 11.7. The molecule has 7 rings (SSSR count). The average molecular weight is 627 g/mol. The van der Waals surface area contributed by atoms with Crippen LogP contribution in [0.2, 0.25) is 5.02 Å². The molecule has 0 atom stereocenters. The lowest BCUT2D eigenvalue weighted by Gasteiger charge is -2.13. The fraction of sp³-hybridized carbons (Fsp3) is 0.314. The van der Waals surface area contributed by atoms with E-state index < -0.39 is 5.97 Å². The molecule has 3 aromatic heterocycles. The quantitative estimate of drug-likeness (QED) is 0.231. The van der Waals surface area contributed by atoms with Crippen LogP contribution in [0.25, 0.3) is 22.3 Å². The molecule has 1 fully saturated rings. The molecule has 0 saturated carbocycles. The molecule has 0 unspecified atom stereocenters. The van der Waals surface area contributed by atoms with Crippen LogP contribution in [-0.4, -0.2) is 50.9 Å². The van der Waals surface area contributed by atoms with Crippen molar-refractivity contribution in [3.05, 3.63) is 99.6 Å². The predicted molar refractivity (Wildman–Crippen MR) is 172 cm³/mol. The summed E-state index contributed by atoms with van der Waals surface area (Å²) in [5.41, 5.74) is 7.45. The minimum Gasteiger partial charge on any atom is -0.494 e. The summed E-state index contributed by atoms with van der Waals surface area (Å²) in [5, 5.41) is 10.2. The van der Waals surface area contributed by atoms with Gasteiger partial charge in [-0.15, -0.1) is 0 Å². The van der Waals surface area contributed by atoms with Gasteiger partial charge >= 0.3 is 5.97 Å². The van der Waals surface area contributed by atoms with Crippen molar-refractivity contribution < 1.29 is 24.1 Å². The number of carboxylic acid groups (broad SMARTS) is 1. The van der Waals surface area contributed by atoms with Gasteiger partial charge in [0.25, 0.3) is 0 Å². The summed E-state index contributed by atoms with van der Waals surface area (Å²) in [7, 11) is 3.44. The van der Waals surface area contributed by atoms with E-state index in [0.717, 1.165) is 72.9 Å². The van der Waals surface area contributed by atoms with E-state index in [1.54, 1.807) is 6.07 Å². The summed E-state index contributed by atoms with van der Waals surface area (Å²) >= 11 is 6.46. The zero-order valence-corrected chi connectivity index (χ0v) is 26.1. The molecule has 45 heavy (non-hydrogen) atoms. The monoisotopic (exact) mass is 626 g/mol. The standard InChI is InChI=1S/C32H29ClN4O4.C3H6O/c1-37-27-15-22(32(38)39)16-28(40-2)31(27)36-29(37)17-20-10-11-21-14-19(20)6-3-4-7-26-24(33)13-12-23(34-26)18-41-30-9-5-8-25(21)35-30;1-2-4-3-1/h5,8-16H,3-4,6-7,17-18H2,1-2H3,(H,38,39);1-3H2. The third-order valence-electron chi connectivity index (χ3n) is 8.12. The van der Waals surface area contributed by atoms with E-state index in [4.69, 9.17) is 40.8 Å². The third kappa shape index (κ3) is 6.95. The number of ether oxygens (including phenoxy) is 3. The van der Waals surface area contributed by atoms with Crippen LogP contribution in [0.5, 0.6) is 11.6 Å². The number of hydrogen-bond donors (Lipinski definition) is 1. The molecule has 0 radical (unpaired) electrons. The summed E-state index contributed by atoms with van der Waals surface area (Å²) in [6.45, 7) is 2.32. The Bertz CT molecular complexity index is 1850. The van der Waals surface area contributed by atoms with Gasteiger partial charge in [0.15, 0.2) is 0 Å². The average Bonchev–Trinajstić information content (AvgIpc) is 3.33. The summed E-state index contributed by atoms with van der Waals surface area (Å²) in [6, 6.07) is 19.1. The van der Waals surface area contributed by atoms with E-state index >= 15 is 0 Å². The van der Waals surface area contributed by atoms with Crippen molar-refractivity contribution in [3.8, 4) is 22.9 Å². The Balaban J connectivity index is 0.000000828. The molecule has 2 aliphatic heterocycles. The predicted octanol–water partition coefficient (Wildman–Crippen LogP) is 6.85. The number of benzene rings is 2. The van der Waals surface area contributed by atoms with Gasteiger partial charge in [0.1, 0.15) is 23.7 Å². The zero-order valence-electron chi connectivity index (χ0n) is 25.4. The second-order valence-corrected chi connectivity index (χ2v) is 11.6. The molecule has 1 saturated heterocycles. The molecule has 0 aliphatic carbocycles. The van der Waals surface area contributed by atoms with E-state index in [-0.39, 0.29) is 5.56 Å². The second-order valence-electron chi connectivity index (χ2n) is 11.2. The van der Waals surface area contributed by atoms with Gasteiger partial charge in [0, 0.05) is 38.3 Å². The van der Waals surface area contributed by atoms with Crippen molar-refractivity contribution >= 4 is 28.6 Å². The Kier molecular flexibility index (Phi) is 9.28. The van der Waals surface area contributed by atoms with Crippen molar-refractivity contribution in [2.75, 3.05) is 20.3 Å². The fourth-order valence-corrected chi connectivity index (χ4v) is 5.64. The van der Waals surface area contributed by atoms with Gasteiger partial charge in [0.05, 0.1) is 40.3 Å². The molecule has 9 nitrogen and oxygen atoms in total. The molecule has 232 valence electrons. The molecule has 5 aromatic rings. The van der Waals surface area contributed by atoms with Gasteiger partial charge in [0.2, 0.25) is 5.88 Å². The molecular weight excluding hydrogens is 592 g/mol. The number of methoxy groups -OCH3 is 1. The van der Waals surface area contributed by atoms with Gasteiger partial charge in [-0.05, 0) is 79.6 Å². The number of aromatic nitrogens is 4. The Morgan fingerprint density at radius 2 is 1.80 bits per heavy atom. The Morgan fingerprint density at radius 1 is 1.00 bits per heavy atom. The number of nitrogens with zero attached hydrogens (tertiary/aromatic N) is 4. The molecule has 1 N–H and O–H groups in total. The van der Waals surface area contributed by atoms with E-state index in [9.17, 15) is 9.90 Å². The number of rotatable bonds is 4. The maximum absolute atomic E-state index is 11.7. The summed E-state index contributed by atoms with van der Waals surface area (Å²) in [4.78, 5) is 26.1. The van der Waals surface area contributed by atoms with Gasteiger partial charge in [-0.1, -0.05) is 29.8 Å². The lowest BCUT2D eigenvalue weighted by Crippen LogP contribution is -2.09. The highest BCUT2D eigenvalue weighted by Gasteiger charge is 2.18. The molecule has 0 spiro atoms. The highest BCUT2D eigenvalue weighted by atomic mass is 35.5. The van der Waals surface area contributed by atoms with Crippen LogP contribution in [0.3, 0.4) is 0 Å². The number of hydrogen-bond acceptors (Lipinski definition) is 7. The normalized spacial score (nSPS) is 14.2. The first-order valence-corrected chi connectivity index (χ1v) is 15.5. The minimum absolute atomic E-state index is 0.164. The largest absolute Gasteiger partial charge is 0.494 e. The molecule has 10 heteroatoms. The summed E-state index contributed by atoms with van der Waals surface area (Å²) < 4.78 is 18.1. The number of aromatic carboxylic acids is 1. The van der Waals surface area contributed by atoms with Crippen molar-refractivity contribution in [2.24, 2.45) is 7.05 Å². The number of imidazole rings is 1. The van der Waals surface area contributed by atoms with Crippen molar-refractivity contribution in [1.29, 1.82) is 0 Å². The maximum Gasteiger partial charge on any atom is 0.335 e. The first kappa shape index (κ1) is 30.6. The van der Waals surface area contributed by atoms with Crippen molar-refractivity contribution in [1.82, 2.24) is 19.5 Å². The smallest absolute Gasteiger partial charge is 0.335 e. The van der Waals surface area contributed by atoms with Gasteiger partial charge in [-0.2, -0.15) is 0 Å². The molecule has 6 bridgehead atoms. The highest BCUT2D eigenvalue weighted by molar-refractivity contribution is 6.31. The molecular formula is C35H35ClN4O5. The van der Waals surface area contributed by atoms with Crippen LogP contribution in [0.1, 0.15) is 58.0 Å². The van der Waals surface area contributed by atoms with Gasteiger partial charge < -0.3 is 23.9 Å². The highest BCUT2D eigenvalue weighted by Crippen LogP contribution is 2.31. The summed E-state index contributed by atoms with van der Waals surface area (Å²) in [6.07, 6.45) is 5.41. The van der Waals surface area contributed by atoms with E-state index in [2.05, 4.69) is 18.2 Å². The van der Waals surface area contributed by atoms with Crippen molar-refractivity contribution in [3.63, 3.8) is 0 Å². The number of pyridine rings is 2.